The quantitative estimate of drug-likeness (QED) is 0.932. The normalized spacial score (nSPS) is 15.6. The number of aromatic nitrogens is 2. The van der Waals surface area contributed by atoms with Crippen molar-refractivity contribution in [1.82, 2.24) is 14.7 Å². The molecule has 20 heavy (non-hydrogen) atoms. The van der Waals surface area contributed by atoms with Gasteiger partial charge in [-0.05, 0) is 25.8 Å². The van der Waals surface area contributed by atoms with Gasteiger partial charge in [-0.25, -0.2) is 0 Å². The van der Waals surface area contributed by atoms with Crippen LogP contribution in [0.1, 0.15) is 36.7 Å². The Morgan fingerprint density at radius 1 is 1.25 bits per heavy atom. The summed E-state index contributed by atoms with van der Waals surface area (Å²) in [6, 6.07) is 11.0. The molecule has 106 valence electrons. The van der Waals surface area contributed by atoms with Crippen molar-refractivity contribution in [3.05, 3.63) is 47.2 Å². The van der Waals surface area contributed by atoms with E-state index >= 15 is 0 Å². The molecular formula is C16H22N4. The second-order valence-electron chi connectivity index (χ2n) is 5.80. The van der Waals surface area contributed by atoms with Gasteiger partial charge in [0.15, 0.2) is 0 Å². The van der Waals surface area contributed by atoms with Crippen molar-refractivity contribution in [1.29, 1.82) is 0 Å². The second-order valence-corrected chi connectivity index (χ2v) is 5.80. The van der Waals surface area contributed by atoms with Gasteiger partial charge in [-0.2, -0.15) is 5.10 Å². The highest BCUT2D eigenvalue weighted by atomic mass is 15.3. The molecular weight excluding hydrogens is 248 g/mol. The highest BCUT2D eigenvalue weighted by molar-refractivity contribution is 5.44. The minimum atomic E-state index is 0.359. The van der Waals surface area contributed by atoms with Crippen LogP contribution in [0.3, 0.4) is 0 Å². The summed E-state index contributed by atoms with van der Waals surface area (Å²) in [7, 11) is 0. The van der Waals surface area contributed by atoms with Crippen LogP contribution < -0.4 is 5.73 Å². The molecule has 0 atom stereocenters. The van der Waals surface area contributed by atoms with Gasteiger partial charge in [0.05, 0.1) is 5.69 Å². The van der Waals surface area contributed by atoms with Crippen molar-refractivity contribution in [2.75, 3.05) is 12.3 Å². The third kappa shape index (κ3) is 2.43. The van der Waals surface area contributed by atoms with Crippen LogP contribution in [0.4, 0.5) is 5.82 Å². The molecule has 0 aliphatic carbocycles. The van der Waals surface area contributed by atoms with Crippen LogP contribution in [0.15, 0.2) is 30.3 Å². The van der Waals surface area contributed by atoms with E-state index in [2.05, 4.69) is 58.9 Å². The van der Waals surface area contributed by atoms with Gasteiger partial charge >= 0.3 is 0 Å². The maximum Gasteiger partial charge on any atom is 0.149 e. The molecule has 0 saturated heterocycles. The highest BCUT2D eigenvalue weighted by Gasteiger charge is 2.24. The van der Waals surface area contributed by atoms with Crippen LogP contribution in [0.25, 0.3) is 0 Å². The number of nitrogens with zero attached hydrogens (tertiary/aromatic N) is 3. The molecule has 1 aliphatic rings. The van der Waals surface area contributed by atoms with Gasteiger partial charge in [-0.15, -0.1) is 0 Å². The lowest BCUT2D eigenvalue weighted by Gasteiger charge is -2.28. The smallest absolute Gasteiger partial charge is 0.149 e. The van der Waals surface area contributed by atoms with Gasteiger partial charge < -0.3 is 5.73 Å². The Kier molecular flexibility index (Phi) is 3.49. The number of anilines is 1. The van der Waals surface area contributed by atoms with Gasteiger partial charge in [-0.3, -0.25) is 9.58 Å². The van der Waals surface area contributed by atoms with Crippen LogP contribution in [0.2, 0.25) is 0 Å². The lowest BCUT2D eigenvalue weighted by atomic mass is 10.1. The van der Waals surface area contributed by atoms with E-state index in [0.29, 0.717) is 11.9 Å². The first-order valence-electron chi connectivity index (χ1n) is 7.27. The largest absolute Gasteiger partial charge is 0.382 e. The Hall–Kier alpha value is -1.81. The SMILES string of the molecule is CC(C)n1nc(N)c2c1CN(Cc1ccccc1)CC2. The number of rotatable bonds is 3. The molecule has 0 radical (unpaired) electrons. The van der Waals surface area contributed by atoms with Crippen molar-refractivity contribution >= 4 is 5.82 Å². The fraction of sp³-hybridized carbons (Fsp3) is 0.438. The molecule has 2 aromatic rings. The van der Waals surface area contributed by atoms with Crippen molar-refractivity contribution in [3.63, 3.8) is 0 Å². The predicted molar refractivity (Wildman–Crippen MR) is 81.3 cm³/mol. The highest BCUT2D eigenvalue weighted by Crippen LogP contribution is 2.27. The zero-order chi connectivity index (χ0) is 14.1. The van der Waals surface area contributed by atoms with E-state index in [-0.39, 0.29) is 0 Å². The summed E-state index contributed by atoms with van der Waals surface area (Å²) >= 11 is 0. The summed E-state index contributed by atoms with van der Waals surface area (Å²) in [5.41, 5.74) is 9.95. The summed E-state index contributed by atoms with van der Waals surface area (Å²) in [4.78, 5) is 2.47. The van der Waals surface area contributed by atoms with Gasteiger partial charge in [-0.1, -0.05) is 30.3 Å². The average Bonchev–Trinajstić information content (AvgIpc) is 2.77. The van der Waals surface area contributed by atoms with E-state index in [9.17, 15) is 0 Å². The van der Waals surface area contributed by atoms with E-state index in [1.54, 1.807) is 0 Å². The first-order chi connectivity index (χ1) is 9.65. The summed E-state index contributed by atoms with van der Waals surface area (Å²) in [6.45, 7) is 7.29. The third-order valence-electron chi connectivity index (χ3n) is 3.94. The zero-order valence-electron chi connectivity index (χ0n) is 12.2. The molecule has 0 amide bonds. The number of hydrogen-bond acceptors (Lipinski definition) is 3. The average molecular weight is 270 g/mol. The maximum absolute atomic E-state index is 6.05. The van der Waals surface area contributed by atoms with E-state index in [4.69, 9.17) is 5.73 Å². The van der Waals surface area contributed by atoms with Crippen LogP contribution in [0.5, 0.6) is 0 Å². The third-order valence-corrected chi connectivity index (χ3v) is 3.94. The van der Waals surface area contributed by atoms with E-state index < -0.39 is 0 Å². The molecule has 1 aliphatic heterocycles. The van der Waals surface area contributed by atoms with Crippen molar-refractivity contribution < 1.29 is 0 Å². The number of nitrogens with two attached hydrogens (primary N) is 1. The first kappa shape index (κ1) is 13.2. The predicted octanol–water partition coefficient (Wildman–Crippen LogP) is 2.60. The van der Waals surface area contributed by atoms with Gasteiger partial charge in [0.1, 0.15) is 5.82 Å². The molecule has 1 aromatic heterocycles. The fourth-order valence-corrected chi connectivity index (χ4v) is 2.93. The van der Waals surface area contributed by atoms with Crippen molar-refractivity contribution in [2.45, 2.75) is 39.4 Å². The molecule has 4 nitrogen and oxygen atoms in total. The fourth-order valence-electron chi connectivity index (χ4n) is 2.93. The van der Waals surface area contributed by atoms with Crippen molar-refractivity contribution in [2.24, 2.45) is 0 Å². The Labute approximate surface area is 120 Å². The molecule has 0 spiro atoms. The minimum Gasteiger partial charge on any atom is -0.382 e. The Bertz CT molecular complexity index is 586. The molecule has 0 bridgehead atoms. The molecule has 1 aromatic carbocycles. The topological polar surface area (TPSA) is 47.1 Å². The van der Waals surface area contributed by atoms with E-state index in [0.717, 1.165) is 26.1 Å². The summed E-state index contributed by atoms with van der Waals surface area (Å²) in [5.74, 6) is 0.716. The first-order valence-corrected chi connectivity index (χ1v) is 7.27. The van der Waals surface area contributed by atoms with Crippen LogP contribution in [-0.4, -0.2) is 21.2 Å². The molecule has 3 rings (SSSR count). The molecule has 0 unspecified atom stereocenters. The second kappa shape index (κ2) is 5.29. The minimum absolute atomic E-state index is 0.359. The zero-order valence-corrected chi connectivity index (χ0v) is 12.2. The molecule has 2 N–H and O–H groups in total. The Balaban J connectivity index is 1.81. The molecule has 4 heteroatoms. The molecule has 0 saturated carbocycles. The summed E-state index contributed by atoms with van der Waals surface area (Å²) < 4.78 is 2.09. The van der Waals surface area contributed by atoms with Gasteiger partial charge in [0, 0.05) is 31.2 Å². The monoisotopic (exact) mass is 270 g/mol. The van der Waals surface area contributed by atoms with E-state index in [1.807, 2.05) is 0 Å². The van der Waals surface area contributed by atoms with Crippen molar-refractivity contribution in [3.8, 4) is 0 Å². The Morgan fingerprint density at radius 3 is 2.70 bits per heavy atom. The lowest BCUT2D eigenvalue weighted by molar-refractivity contribution is 0.234. The number of fused-ring (bicyclic) bond motifs is 1. The van der Waals surface area contributed by atoms with Crippen LogP contribution >= 0.6 is 0 Å². The number of benzene rings is 1. The standard InChI is InChI=1S/C16H22N4/c1-12(2)20-15-11-19(9-8-14(15)16(17)18-20)10-13-6-4-3-5-7-13/h3-7,12H,8-11H2,1-2H3,(H2,17,18). The molecule has 2 heterocycles. The maximum atomic E-state index is 6.05. The van der Waals surface area contributed by atoms with Gasteiger partial charge in [0.25, 0.3) is 0 Å². The molecule has 0 fully saturated rings. The number of nitrogen functional groups attached to an aromatic ring is 1. The Morgan fingerprint density at radius 2 is 2.00 bits per heavy atom. The van der Waals surface area contributed by atoms with E-state index in [1.165, 1.54) is 16.8 Å². The number of hydrogen-bond donors (Lipinski definition) is 1. The van der Waals surface area contributed by atoms with Gasteiger partial charge in [0.2, 0.25) is 0 Å². The summed E-state index contributed by atoms with van der Waals surface area (Å²) in [6.07, 6.45) is 1.00. The van der Waals surface area contributed by atoms with Crippen LogP contribution in [0, 0.1) is 0 Å². The van der Waals surface area contributed by atoms with Crippen LogP contribution in [-0.2, 0) is 19.5 Å². The summed E-state index contributed by atoms with van der Waals surface area (Å²) in [5, 5.41) is 4.50. The lowest BCUT2D eigenvalue weighted by Crippen LogP contribution is -2.31.